The minimum Gasteiger partial charge on any atom is -0.492 e. The Morgan fingerprint density at radius 1 is 1.55 bits per heavy atom. The molecule has 0 aliphatic heterocycles. The highest BCUT2D eigenvalue weighted by molar-refractivity contribution is 9.10. The van der Waals surface area contributed by atoms with Crippen LogP contribution in [0.5, 0.6) is 5.75 Å². The van der Waals surface area contributed by atoms with Gasteiger partial charge in [-0.15, -0.1) is 0 Å². The number of carbonyl (C=O) groups excluding carboxylic acids is 1. The van der Waals surface area contributed by atoms with Gasteiger partial charge in [0.1, 0.15) is 17.0 Å². The number of nitrogens with one attached hydrogen (secondary N) is 1. The number of hydrogen-bond donors (Lipinski definition) is 2. The standard InChI is InChI=1S/C13H15BrN4O2/c1-18-11(14)8-16-12(18)13(19)17-9-3-2-4-10(7-9)20-6-5-15/h2-4,7-8H,5-6,15H2,1H3,(H,17,19). The maximum absolute atomic E-state index is 12.1. The molecule has 0 fully saturated rings. The molecule has 0 aliphatic carbocycles. The van der Waals surface area contributed by atoms with Gasteiger partial charge in [-0.3, -0.25) is 4.79 Å². The van der Waals surface area contributed by atoms with E-state index in [9.17, 15) is 4.79 Å². The Bertz CT molecular complexity index is 612. The first kappa shape index (κ1) is 14.5. The average molecular weight is 339 g/mol. The fraction of sp³-hybridized carbons (Fsp3) is 0.231. The van der Waals surface area contributed by atoms with Crippen molar-refractivity contribution in [3.63, 3.8) is 0 Å². The van der Waals surface area contributed by atoms with Crippen molar-refractivity contribution in [2.45, 2.75) is 0 Å². The van der Waals surface area contributed by atoms with Crippen molar-refractivity contribution >= 4 is 27.5 Å². The minimum atomic E-state index is -0.283. The number of imidazole rings is 1. The number of aromatic nitrogens is 2. The van der Waals surface area contributed by atoms with Crippen molar-refractivity contribution in [2.24, 2.45) is 12.8 Å². The molecule has 1 heterocycles. The monoisotopic (exact) mass is 338 g/mol. The van der Waals surface area contributed by atoms with Gasteiger partial charge in [0, 0.05) is 25.3 Å². The highest BCUT2D eigenvalue weighted by Crippen LogP contribution is 2.18. The number of ether oxygens (including phenoxy) is 1. The fourth-order valence-corrected chi connectivity index (χ4v) is 1.90. The van der Waals surface area contributed by atoms with Gasteiger partial charge in [0.15, 0.2) is 5.82 Å². The third-order valence-corrected chi connectivity index (χ3v) is 3.35. The number of carbonyl (C=O) groups is 1. The first-order valence-corrected chi connectivity index (χ1v) is 6.82. The van der Waals surface area contributed by atoms with Crippen molar-refractivity contribution in [3.8, 4) is 5.75 Å². The predicted molar refractivity (Wildman–Crippen MR) is 79.9 cm³/mol. The summed E-state index contributed by atoms with van der Waals surface area (Å²) >= 11 is 3.30. The summed E-state index contributed by atoms with van der Waals surface area (Å²) in [6, 6.07) is 7.13. The zero-order chi connectivity index (χ0) is 14.5. The molecule has 3 N–H and O–H groups in total. The Labute approximate surface area is 125 Å². The molecule has 0 saturated carbocycles. The number of anilines is 1. The molecule has 106 valence electrons. The average Bonchev–Trinajstić information content (AvgIpc) is 2.77. The Kier molecular flexibility index (Phi) is 4.75. The van der Waals surface area contributed by atoms with E-state index in [2.05, 4.69) is 26.2 Å². The predicted octanol–water partition coefficient (Wildman–Crippen LogP) is 1.77. The highest BCUT2D eigenvalue weighted by Gasteiger charge is 2.13. The Hall–Kier alpha value is -1.86. The Morgan fingerprint density at radius 3 is 3.00 bits per heavy atom. The zero-order valence-electron chi connectivity index (χ0n) is 11.0. The van der Waals surface area contributed by atoms with E-state index in [-0.39, 0.29) is 5.91 Å². The number of hydrogen-bond acceptors (Lipinski definition) is 4. The highest BCUT2D eigenvalue weighted by atomic mass is 79.9. The van der Waals surface area contributed by atoms with Crippen molar-refractivity contribution < 1.29 is 9.53 Å². The minimum absolute atomic E-state index is 0.283. The topological polar surface area (TPSA) is 82.2 Å². The number of nitrogens with two attached hydrogens (primary N) is 1. The molecule has 1 aromatic heterocycles. The van der Waals surface area contributed by atoms with E-state index in [1.165, 1.54) is 0 Å². The van der Waals surface area contributed by atoms with Gasteiger partial charge in [-0.1, -0.05) is 6.07 Å². The second-order valence-corrected chi connectivity index (χ2v) is 4.90. The maximum Gasteiger partial charge on any atom is 0.291 e. The summed E-state index contributed by atoms with van der Waals surface area (Å²) in [5.74, 6) is 0.702. The Balaban J connectivity index is 2.09. The SMILES string of the molecule is Cn1c(Br)cnc1C(=O)Nc1cccc(OCCN)c1. The molecule has 7 heteroatoms. The van der Waals surface area contributed by atoms with Crippen LogP contribution in [0.1, 0.15) is 10.6 Å². The van der Waals surface area contributed by atoms with Gasteiger partial charge in [-0.2, -0.15) is 0 Å². The Morgan fingerprint density at radius 2 is 2.35 bits per heavy atom. The van der Waals surface area contributed by atoms with Crippen molar-refractivity contribution in [1.82, 2.24) is 9.55 Å². The third kappa shape index (κ3) is 3.37. The van der Waals surface area contributed by atoms with E-state index in [1.807, 2.05) is 6.07 Å². The molecule has 0 radical (unpaired) electrons. The third-order valence-electron chi connectivity index (χ3n) is 2.61. The van der Waals surface area contributed by atoms with Crippen LogP contribution in [0, 0.1) is 0 Å². The number of halogens is 1. The molecule has 2 rings (SSSR count). The van der Waals surface area contributed by atoms with Gasteiger partial charge < -0.3 is 20.4 Å². The molecule has 0 aliphatic rings. The van der Waals surface area contributed by atoms with Crippen LogP contribution in [0.25, 0.3) is 0 Å². The van der Waals surface area contributed by atoms with Crippen LogP contribution in [-0.2, 0) is 7.05 Å². The van der Waals surface area contributed by atoms with E-state index in [4.69, 9.17) is 10.5 Å². The number of amides is 1. The first-order chi connectivity index (χ1) is 9.61. The fourth-order valence-electron chi connectivity index (χ4n) is 1.63. The van der Waals surface area contributed by atoms with Crippen LogP contribution in [0.15, 0.2) is 35.1 Å². The van der Waals surface area contributed by atoms with Crippen LogP contribution in [0.2, 0.25) is 0 Å². The summed E-state index contributed by atoms with van der Waals surface area (Å²) in [5.41, 5.74) is 6.02. The van der Waals surface area contributed by atoms with E-state index in [0.29, 0.717) is 30.4 Å². The van der Waals surface area contributed by atoms with Crippen LogP contribution >= 0.6 is 15.9 Å². The first-order valence-electron chi connectivity index (χ1n) is 6.03. The summed E-state index contributed by atoms with van der Waals surface area (Å²) in [4.78, 5) is 16.1. The molecular formula is C13H15BrN4O2. The lowest BCUT2D eigenvalue weighted by Crippen LogP contribution is -2.17. The van der Waals surface area contributed by atoms with Crippen molar-refractivity contribution in [3.05, 3.63) is 40.9 Å². The molecule has 0 bridgehead atoms. The van der Waals surface area contributed by atoms with Gasteiger partial charge in [0.25, 0.3) is 5.91 Å². The van der Waals surface area contributed by atoms with Crippen molar-refractivity contribution in [2.75, 3.05) is 18.5 Å². The smallest absolute Gasteiger partial charge is 0.291 e. The van der Waals surface area contributed by atoms with E-state index < -0.39 is 0 Å². The summed E-state index contributed by atoms with van der Waals surface area (Å²) in [7, 11) is 1.76. The van der Waals surface area contributed by atoms with Gasteiger partial charge in [0.05, 0.1) is 6.20 Å². The van der Waals surface area contributed by atoms with Gasteiger partial charge in [0.2, 0.25) is 0 Å². The van der Waals surface area contributed by atoms with Gasteiger partial charge >= 0.3 is 0 Å². The molecule has 0 atom stereocenters. The molecular weight excluding hydrogens is 324 g/mol. The molecule has 1 amide bonds. The van der Waals surface area contributed by atoms with E-state index in [1.54, 1.807) is 36.0 Å². The molecule has 20 heavy (non-hydrogen) atoms. The van der Waals surface area contributed by atoms with Crippen LogP contribution in [0.3, 0.4) is 0 Å². The van der Waals surface area contributed by atoms with Crippen molar-refractivity contribution in [1.29, 1.82) is 0 Å². The van der Waals surface area contributed by atoms with Gasteiger partial charge in [-0.05, 0) is 28.1 Å². The number of nitrogens with zero attached hydrogens (tertiary/aromatic N) is 2. The molecule has 0 saturated heterocycles. The number of benzene rings is 1. The lowest BCUT2D eigenvalue weighted by atomic mass is 10.3. The molecule has 2 aromatic rings. The summed E-state index contributed by atoms with van der Waals surface area (Å²) in [5, 5.41) is 2.77. The van der Waals surface area contributed by atoms with Crippen LogP contribution in [-0.4, -0.2) is 28.6 Å². The number of rotatable bonds is 5. The zero-order valence-corrected chi connectivity index (χ0v) is 12.6. The molecule has 0 spiro atoms. The quantitative estimate of drug-likeness (QED) is 0.870. The van der Waals surface area contributed by atoms with E-state index in [0.717, 1.165) is 4.60 Å². The maximum atomic E-state index is 12.1. The van der Waals surface area contributed by atoms with E-state index >= 15 is 0 Å². The summed E-state index contributed by atoms with van der Waals surface area (Å²) in [6.07, 6.45) is 1.58. The second kappa shape index (κ2) is 6.53. The molecule has 1 aromatic carbocycles. The molecule has 0 unspecified atom stereocenters. The largest absolute Gasteiger partial charge is 0.492 e. The van der Waals surface area contributed by atoms with Crippen LogP contribution in [0.4, 0.5) is 5.69 Å². The molecule has 6 nitrogen and oxygen atoms in total. The lowest BCUT2D eigenvalue weighted by molar-refractivity contribution is 0.101. The summed E-state index contributed by atoms with van der Waals surface area (Å²) < 4.78 is 7.80. The van der Waals surface area contributed by atoms with Gasteiger partial charge in [-0.25, -0.2) is 4.98 Å². The second-order valence-electron chi connectivity index (χ2n) is 4.08. The normalized spacial score (nSPS) is 10.3. The summed E-state index contributed by atoms with van der Waals surface area (Å²) in [6.45, 7) is 0.877. The van der Waals surface area contributed by atoms with Crippen LogP contribution < -0.4 is 15.8 Å². The lowest BCUT2D eigenvalue weighted by Gasteiger charge is -2.08.